The third-order valence-electron chi connectivity index (χ3n) is 4.50. The average molecular weight is 389 g/mol. The van der Waals surface area contributed by atoms with Crippen LogP contribution in [0.5, 0.6) is 0 Å². The zero-order chi connectivity index (χ0) is 19.6. The Kier molecular flexibility index (Phi) is 24.3. The zero-order valence-corrected chi connectivity index (χ0v) is 19.2. The first-order chi connectivity index (χ1) is 11.9. The highest BCUT2D eigenvalue weighted by molar-refractivity contribution is 7.16. The van der Waals surface area contributed by atoms with Crippen LogP contribution in [0.25, 0.3) is 0 Å². The molecule has 4 heteroatoms. The SMILES string of the molecule is C=C(/C=C\CCCO)C(C)(C=C1CCC1)CC.CCCC.N.NCCP.[HH]. The van der Waals surface area contributed by atoms with Gasteiger partial charge in [0.15, 0.2) is 0 Å². The molecule has 0 saturated heterocycles. The second kappa shape index (κ2) is 20.8. The number of allylic oxidation sites excluding steroid dienone is 5. The molecule has 0 radical (unpaired) electrons. The molecule has 26 heavy (non-hydrogen) atoms. The number of unbranched alkanes of at least 4 members (excludes halogenated alkanes) is 2. The molecule has 0 aromatic heterocycles. The maximum Gasteiger partial charge on any atom is 0.0433 e. The summed E-state index contributed by atoms with van der Waals surface area (Å²) in [6, 6.07) is 0. The Labute approximate surface area is 167 Å². The molecule has 0 aromatic rings. The van der Waals surface area contributed by atoms with E-state index in [0.29, 0.717) is 0 Å². The van der Waals surface area contributed by atoms with Gasteiger partial charge in [0.2, 0.25) is 0 Å². The predicted octanol–water partition coefficient (Wildman–Crippen LogP) is 6.43. The third-order valence-corrected chi connectivity index (χ3v) is 4.83. The van der Waals surface area contributed by atoms with Gasteiger partial charge in [-0.25, -0.2) is 0 Å². The smallest absolute Gasteiger partial charge is 0.0433 e. The lowest BCUT2D eigenvalue weighted by molar-refractivity contribution is 0.289. The number of aliphatic hydroxyl groups excluding tert-OH is 1. The summed E-state index contributed by atoms with van der Waals surface area (Å²) < 4.78 is 0. The fourth-order valence-corrected chi connectivity index (χ4v) is 2.02. The van der Waals surface area contributed by atoms with Crippen molar-refractivity contribution in [2.45, 2.75) is 79.1 Å². The van der Waals surface area contributed by atoms with Crippen molar-refractivity contribution in [3.8, 4) is 0 Å². The Hall–Kier alpha value is -0.470. The van der Waals surface area contributed by atoms with E-state index in [-0.39, 0.29) is 19.6 Å². The molecule has 0 aliphatic heterocycles. The second-order valence-corrected chi connectivity index (χ2v) is 7.38. The minimum Gasteiger partial charge on any atom is -0.396 e. The lowest BCUT2D eigenvalue weighted by atomic mass is 9.75. The van der Waals surface area contributed by atoms with Gasteiger partial charge in [-0.15, -0.1) is 9.24 Å². The maximum atomic E-state index is 8.73. The number of rotatable bonds is 9. The van der Waals surface area contributed by atoms with E-state index in [1.165, 1.54) is 37.7 Å². The summed E-state index contributed by atoms with van der Waals surface area (Å²) in [4.78, 5) is 0. The van der Waals surface area contributed by atoms with Crippen LogP contribution >= 0.6 is 9.24 Å². The van der Waals surface area contributed by atoms with Crippen molar-refractivity contribution in [2.75, 3.05) is 19.3 Å². The highest BCUT2D eigenvalue weighted by Gasteiger charge is 2.23. The highest BCUT2D eigenvalue weighted by atomic mass is 31.0. The minimum absolute atomic E-state index is 0. The topological polar surface area (TPSA) is 81.2 Å². The van der Waals surface area contributed by atoms with Crippen LogP contribution in [0.2, 0.25) is 0 Å². The summed E-state index contributed by atoms with van der Waals surface area (Å²) in [6.45, 7) is 14.1. The Morgan fingerprint density at radius 3 is 2.15 bits per heavy atom. The van der Waals surface area contributed by atoms with Crippen LogP contribution in [-0.4, -0.2) is 24.4 Å². The van der Waals surface area contributed by atoms with Crippen LogP contribution in [0.3, 0.4) is 0 Å². The molecule has 0 bridgehead atoms. The first kappa shape index (κ1) is 30.3. The van der Waals surface area contributed by atoms with E-state index in [4.69, 9.17) is 10.8 Å². The molecule has 158 valence electrons. The highest BCUT2D eigenvalue weighted by Crippen LogP contribution is 2.38. The summed E-state index contributed by atoms with van der Waals surface area (Å²) in [5.74, 6) is 0. The summed E-state index contributed by atoms with van der Waals surface area (Å²) in [6.07, 6.45) is 17.1. The maximum absolute atomic E-state index is 8.73. The molecule has 6 N–H and O–H groups in total. The van der Waals surface area contributed by atoms with Crippen molar-refractivity contribution in [3.63, 3.8) is 0 Å². The van der Waals surface area contributed by atoms with Crippen LogP contribution < -0.4 is 11.9 Å². The number of aliphatic hydroxyl groups is 1. The van der Waals surface area contributed by atoms with E-state index in [1.54, 1.807) is 5.57 Å². The Morgan fingerprint density at radius 1 is 1.31 bits per heavy atom. The van der Waals surface area contributed by atoms with Crippen molar-refractivity contribution in [1.82, 2.24) is 6.15 Å². The predicted molar refractivity (Wildman–Crippen MR) is 126 cm³/mol. The van der Waals surface area contributed by atoms with Gasteiger partial charge in [0.1, 0.15) is 0 Å². The molecule has 1 fully saturated rings. The van der Waals surface area contributed by atoms with Crippen LogP contribution in [0, 0.1) is 5.41 Å². The Morgan fingerprint density at radius 2 is 1.85 bits per heavy atom. The molecule has 0 heterocycles. The Balaban J connectivity index is -0.000000225. The van der Waals surface area contributed by atoms with Gasteiger partial charge in [-0.05, 0) is 56.8 Å². The van der Waals surface area contributed by atoms with Crippen molar-refractivity contribution < 1.29 is 6.53 Å². The van der Waals surface area contributed by atoms with E-state index < -0.39 is 0 Å². The summed E-state index contributed by atoms with van der Waals surface area (Å²) in [5, 5.41) is 8.73. The van der Waals surface area contributed by atoms with Gasteiger partial charge in [-0.2, -0.15) is 0 Å². The van der Waals surface area contributed by atoms with Crippen LogP contribution in [0.15, 0.2) is 36.0 Å². The molecule has 3 nitrogen and oxygen atoms in total. The molecule has 0 aromatic carbocycles. The van der Waals surface area contributed by atoms with Crippen molar-refractivity contribution >= 4 is 9.24 Å². The van der Waals surface area contributed by atoms with Crippen LogP contribution in [0.4, 0.5) is 0 Å². The molecule has 1 rings (SSSR count). The molecule has 2 atom stereocenters. The monoisotopic (exact) mass is 388 g/mol. The van der Waals surface area contributed by atoms with E-state index in [0.717, 1.165) is 32.0 Å². The number of hydrogen-bond donors (Lipinski definition) is 3. The fraction of sp³-hybridized carbons (Fsp3) is 0.727. The molecule has 0 amide bonds. The van der Waals surface area contributed by atoms with Gasteiger partial charge in [0, 0.05) is 13.4 Å². The lowest BCUT2D eigenvalue weighted by Crippen LogP contribution is -2.16. The first-order valence-corrected chi connectivity index (χ1v) is 10.8. The number of hydrogen-bond acceptors (Lipinski definition) is 3. The summed E-state index contributed by atoms with van der Waals surface area (Å²) in [5.41, 5.74) is 7.91. The van der Waals surface area contributed by atoms with Crippen molar-refractivity contribution in [3.05, 3.63) is 36.0 Å². The van der Waals surface area contributed by atoms with Crippen molar-refractivity contribution in [2.24, 2.45) is 11.1 Å². The van der Waals surface area contributed by atoms with E-state index >= 15 is 0 Å². The summed E-state index contributed by atoms with van der Waals surface area (Å²) in [7, 11) is 2.53. The van der Waals surface area contributed by atoms with Gasteiger partial charge in [-0.3, -0.25) is 0 Å². The molecular formula is C22H49N2OP. The third kappa shape index (κ3) is 15.8. The zero-order valence-electron chi connectivity index (χ0n) is 18.0. The van der Waals surface area contributed by atoms with Crippen LogP contribution in [-0.2, 0) is 0 Å². The normalized spacial score (nSPS) is 14.7. The second-order valence-electron chi connectivity index (χ2n) is 6.80. The lowest BCUT2D eigenvalue weighted by Gasteiger charge is -2.29. The quantitative estimate of drug-likeness (QED) is 0.184. The van der Waals surface area contributed by atoms with E-state index in [2.05, 4.69) is 61.7 Å². The minimum atomic E-state index is 0. The largest absolute Gasteiger partial charge is 0.396 e. The molecule has 1 saturated carbocycles. The first-order valence-electron chi connectivity index (χ1n) is 10.0. The molecular weight excluding hydrogens is 339 g/mol. The Bertz CT molecular complexity index is 373. The van der Waals surface area contributed by atoms with Gasteiger partial charge in [-0.1, -0.05) is 70.9 Å². The van der Waals surface area contributed by atoms with Gasteiger partial charge in [0.05, 0.1) is 0 Å². The van der Waals surface area contributed by atoms with Gasteiger partial charge < -0.3 is 17.0 Å². The fourth-order valence-electron chi connectivity index (χ4n) is 2.02. The van der Waals surface area contributed by atoms with E-state index in [9.17, 15) is 0 Å². The van der Waals surface area contributed by atoms with Crippen LogP contribution in [0.1, 0.15) is 80.5 Å². The van der Waals surface area contributed by atoms with Gasteiger partial charge >= 0.3 is 0 Å². The molecule has 2 unspecified atom stereocenters. The van der Waals surface area contributed by atoms with Crippen molar-refractivity contribution in [1.29, 1.82) is 0 Å². The van der Waals surface area contributed by atoms with E-state index in [1.807, 2.05) is 0 Å². The molecule has 1 aliphatic carbocycles. The molecule has 1 aliphatic rings. The summed E-state index contributed by atoms with van der Waals surface area (Å²) >= 11 is 0. The molecule has 0 spiro atoms. The standard InChI is InChI=1S/C16H26O.C4H10.C2H8NP.H3N.H2/c1-4-16(3,13-15-10-8-11-15)14(2)9-6-5-7-12-17;1-3-4-2;3-1-2-4;;/h6,9,13,17H,2,4-5,7-8,10-12H2,1,3H3;3-4H2,1-2H3;1-4H2;1H3;1H/b9-6-;;;;. The van der Waals surface area contributed by atoms with Gasteiger partial charge in [0.25, 0.3) is 0 Å². The number of nitrogens with two attached hydrogens (primary N) is 1. The average Bonchev–Trinajstić information content (AvgIpc) is 2.61.